The molecular formula is C24H15NOS. The molecular weight excluding hydrogens is 350 g/mol. The first-order valence-electron chi connectivity index (χ1n) is 8.94. The predicted octanol–water partition coefficient (Wildman–Crippen LogP) is 7.46. The van der Waals surface area contributed by atoms with Crippen molar-refractivity contribution in [1.29, 1.82) is 0 Å². The second-order valence-electron chi connectivity index (χ2n) is 6.79. The highest BCUT2D eigenvalue weighted by Crippen LogP contribution is 2.37. The third kappa shape index (κ3) is 2.40. The Kier molecular flexibility index (Phi) is 3.07. The van der Waals surface area contributed by atoms with Gasteiger partial charge in [-0.05, 0) is 70.9 Å². The highest BCUT2D eigenvalue weighted by atomic mass is 32.1. The van der Waals surface area contributed by atoms with Crippen LogP contribution in [-0.2, 0) is 0 Å². The summed E-state index contributed by atoms with van der Waals surface area (Å²) < 4.78 is 7.32. The highest BCUT2D eigenvalue weighted by Gasteiger charge is 2.10. The van der Waals surface area contributed by atoms with Crippen molar-refractivity contribution in [2.24, 2.45) is 0 Å². The molecule has 0 aliphatic rings. The van der Waals surface area contributed by atoms with E-state index >= 15 is 0 Å². The van der Waals surface area contributed by atoms with Gasteiger partial charge in [0.1, 0.15) is 11.3 Å². The van der Waals surface area contributed by atoms with Crippen molar-refractivity contribution in [2.45, 2.75) is 0 Å². The fourth-order valence-electron chi connectivity index (χ4n) is 3.67. The molecule has 0 spiro atoms. The van der Waals surface area contributed by atoms with Crippen LogP contribution in [0.15, 0.2) is 89.5 Å². The van der Waals surface area contributed by atoms with Crippen LogP contribution in [0, 0.1) is 0 Å². The van der Waals surface area contributed by atoms with Gasteiger partial charge in [0, 0.05) is 32.2 Å². The molecule has 0 bridgehead atoms. The van der Waals surface area contributed by atoms with Crippen molar-refractivity contribution in [1.82, 2.24) is 4.98 Å². The Morgan fingerprint density at radius 3 is 2.56 bits per heavy atom. The average Bonchev–Trinajstić information content (AvgIpc) is 3.42. The van der Waals surface area contributed by atoms with E-state index < -0.39 is 0 Å². The maximum absolute atomic E-state index is 6.03. The van der Waals surface area contributed by atoms with E-state index in [4.69, 9.17) is 4.42 Å². The van der Waals surface area contributed by atoms with Crippen molar-refractivity contribution in [3.8, 4) is 21.8 Å². The summed E-state index contributed by atoms with van der Waals surface area (Å²) >= 11 is 1.83. The Bertz CT molecular complexity index is 1400. The molecule has 0 fully saturated rings. The maximum Gasteiger partial charge on any atom is 0.135 e. The Morgan fingerprint density at radius 2 is 1.59 bits per heavy atom. The third-order valence-corrected chi connectivity index (χ3v) is 6.23. The fourth-order valence-corrected chi connectivity index (χ4v) is 4.71. The number of fused-ring (bicyclic) bond motifs is 3. The third-order valence-electron chi connectivity index (χ3n) is 5.06. The van der Waals surface area contributed by atoms with E-state index in [0.717, 1.165) is 22.3 Å². The summed E-state index contributed by atoms with van der Waals surface area (Å²) in [6.07, 6.45) is 1.99. The lowest BCUT2D eigenvalue weighted by Crippen LogP contribution is -1.73. The molecule has 0 aliphatic carbocycles. The largest absolute Gasteiger partial charge is 0.456 e. The number of aromatic amines is 1. The Morgan fingerprint density at radius 1 is 0.704 bits per heavy atom. The molecule has 0 radical (unpaired) electrons. The molecule has 3 aromatic carbocycles. The molecule has 6 aromatic rings. The van der Waals surface area contributed by atoms with Crippen LogP contribution in [0.4, 0.5) is 0 Å². The number of thiophene rings is 1. The van der Waals surface area contributed by atoms with Crippen LogP contribution in [0.3, 0.4) is 0 Å². The lowest BCUT2D eigenvalue weighted by Gasteiger charge is -1.97. The standard InChI is InChI=1S/C24H15NOS/c1-2-4-21-16(3-1)13-22(26-21)17-6-8-23-19(12-17)14-24(27-23)18-5-7-20-15(11-18)9-10-25-20/h1-14,25H. The first-order valence-corrected chi connectivity index (χ1v) is 9.75. The minimum Gasteiger partial charge on any atom is -0.456 e. The Hall–Kier alpha value is -3.30. The molecule has 1 N–H and O–H groups in total. The molecule has 3 heterocycles. The van der Waals surface area contributed by atoms with E-state index in [0.29, 0.717) is 0 Å². The summed E-state index contributed by atoms with van der Waals surface area (Å²) in [5, 5.41) is 3.63. The van der Waals surface area contributed by atoms with Gasteiger partial charge in [-0.25, -0.2) is 0 Å². The summed E-state index contributed by atoms with van der Waals surface area (Å²) in [5.41, 5.74) is 4.48. The number of hydrogen-bond donors (Lipinski definition) is 1. The van der Waals surface area contributed by atoms with Crippen molar-refractivity contribution >= 4 is 43.3 Å². The second-order valence-corrected chi connectivity index (χ2v) is 7.88. The zero-order valence-electron chi connectivity index (χ0n) is 14.4. The number of benzene rings is 3. The van der Waals surface area contributed by atoms with E-state index in [1.807, 2.05) is 35.7 Å². The van der Waals surface area contributed by atoms with E-state index in [1.165, 1.54) is 31.4 Å². The SMILES string of the molecule is c1ccc2oc(-c3ccc4sc(-c5ccc6[nH]ccc6c5)cc4c3)cc2c1. The first kappa shape index (κ1) is 14.8. The number of rotatable bonds is 2. The quantitative estimate of drug-likeness (QED) is 0.339. The van der Waals surface area contributed by atoms with Gasteiger partial charge in [0.2, 0.25) is 0 Å². The van der Waals surface area contributed by atoms with Crippen LogP contribution >= 0.6 is 11.3 Å². The molecule has 0 saturated carbocycles. The molecule has 0 unspecified atom stereocenters. The summed E-state index contributed by atoms with van der Waals surface area (Å²) in [6.45, 7) is 0. The van der Waals surface area contributed by atoms with E-state index in [9.17, 15) is 0 Å². The summed E-state index contributed by atoms with van der Waals surface area (Å²) in [5.74, 6) is 0.916. The molecule has 3 heteroatoms. The molecule has 6 rings (SSSR count). The lowest BCUT2D eigenvalue weighted by molar-refractivity contribution is 0.631. The van der Waals surface area contributed by atoms with Crippen LogP contribution in [0.2, 0.25) is 0 Å². The topological polar surface area (TPSA) is 28.9 Å². The molecule has 0 atom stereocenters. The van der Waals surface area contributed by atoms with E-state index in [2.05, 4.69) is 65.6 Å². The number of para-hydroxylation sites is 1. The molecule has 0 amide bonds. The van der Waals surface area contributed by atoms with Crippen LogP contribution in [0.25, 0.3) is 53.7 Å². The van der Waals surface area contributed by atoms with Gasteiger partial charge in [-0.15, -0.1) is 11.3 Å². The number of furan rings is 1. The molecule has 3 aromatic heterocycles. The van der Waals surface area contributed by atoms with Crippen molar-refractivity contribution in [3.63, 3.8) is 0 Å². The van der Waals surface area contributed by atoms with E-state index in [1.54, 1.807) is 0 Å². The van der Waals surface area contributed by atoms with Crippen LogP contribution < -0.4 is 0 Å². The van der Waals surface area contributed by atoms with Gasteiger partial charge in [-0.1, -0.05) is 24.3 Å². The van der Waals surface area contributed by atoms with Gasteiger partial charge in [0.25, 0.3) is 0 Å². The molecule has 0 aliphatic heterocycles. The zero-order valence-corrected chi connectivity index (χ0v) is 15.2. The van der Waals surface area contributed by atoms with Crippen molar-refractivity contribution in [3.05, 3.63) is 85.1 Å². The van der Waals surface area contributed by atoms with Gasteiger partial charge < -0.3 is 9.40 Å². The van der Waals surface area contributed by atoms with E-state index in [-0.39, 0.29) is 0 Å². The van der Waals surface area contributed by atoms with Gasteiger partial charge in [0.15, 0.2) is 0 Å². The normalized spacial score (nSPS) is 11.7. The maximum atomic E-state index is 6.03. The average molecular weight is 365 g/mol. The van der Waals surface area contributed by atoms with Gasteiger partial charge in [0.05, 0.1) is 0 Å². The minimum atomic E-state index is 0.916. The number of H-pyrrole nitrogens is 1. The number of nitrogens with one attached hydrogen (secondary N) is 1. The monoisotopic (exact) mass is 365 g/mol. The molecule has 27 heavy (non-hydrogen) atoms. The highest BCUT2D eigenvalue weighted by molar-refractivity contribution is 7.22. The van der Waals surface area contributed by atoms with Crippen LogP contribution in [-0.4, -0.2) is 4.98 Å². The predicted molar refractivity (Wildman–Crippen MR) is 114 cm³/mol. The number of aromatic nitrogens is 1. The lowest BCUT2D eigenvalue weighted by atomic mass is 10.1. The summed E-state index contributed by atoms with van der Waals surface area (Å²) in [4.78, 5) is 4.54. The Labute approximate surface area is 159 Å². The zero-order chi connectivity index (χ0) is 17.8. The minimum absolute atomic E-state index is 0.916. The van der Waals surface area contributed by atoms with Crippen LogP contribution in [0.1, 0.15) is 0 Å². The Balaban J connectivity index is 1.46. The molecule has 128 valence electrons. The molecule has 2 nitrogen and oxygen atoms in total. The smallest absolute Gasteiger partial charge is 0.135 e. The van der Waals surface area contributed by atoms with Gasteiger partial charge >= 0.3 is 0 Å². The van der Waals surface area contributed by atoms with Gasteiger partial charge in [-0.2, -0.15) is 0 Å². The second kappa shape index (κ2) is 5.60. The van der Waals surface area contributed by atoms with Crippen molar-refractivity contribution in [2.75, 3.05) is 0 Å². The summed E-state index contributed by atoms with van der Waals surface area (Å²) in [6, 6.07) is 27.8. The first-order chi connectivity index (χ1) is 13.3. The molecule has 0 saturated heterocycles. The summed E-state index contributed by atoms with van der Waals surface area (Å²) in [7, 11) is 0. The van der Waals surface area contributed by atoms with Crippen LogP contribution in [0.5, 0.6) is 0 Å². The van der Waals surface area contributed by atoms with Crippen molar-refractivity contribution < 1.29 is 4.42 Å². The number of hydrogen-bond acceptors (Lipinski definition) is 2. The van der Waals surface area contributed by atoms with Gasteiger partial charge in [-0.3, -0.25) is 0 Å². The fraction of sp³-hybridized carbons (Fsp3) is 0.